The average Bonchev–Trinajstić information content (AvgIpc) is 2.90. The molecule has 0 saturated carbocycles. The number of aromatic nitrogens is 4. The third-order valence-electron chi connectivity index (χ3n) is 2.77. The highest BCUT2D eigenvalue weighted by atomic mass is 16.2. The number of benzene rings is 1. The highest BCUT2D eigenvalue weighted by Crippen LogP contribution is 2.09. The van der Waals surface area contributed by atoms with E-state index in [1.165, 1.54) is 17.3 Å². The maximum absolute atomic E-state index is 12.2. The van der Waals surface area contributed by atoms with Gasteiger partial charge in [-0.2, -0.15) is 0 Å². The zero-order valence-corrected chi connectivity index (χ0v) is 10.2. The van der Waals surface area contributed by atoms with Gasteiger partial charge in [0.1, 0.15) is 18.2 Å². The highest BCUT2D eigenvalue weighted by Gasteiger charge is 2.12. The van der Waals surface area contributed by atoms with Gasteiger partial charge < -0.3 is 0 Å². The second-order valence-electron chi connectivity index (χ2n) is 3.99. The summed E-state index contributed by atoms with van der Waals surface area (Å²) in [5, 5.41) is 0. The van der Waals surface area contributed by atoms with Crippen molar-refractivity contribution < 1.29 is 9.59 Å². The van der Waals surface area contributed by atoms with E-state index in [2.05, 4.69) is 20.4 Å². The van der Waals surface area contributed by atoms with Crippen LogP contribution in [0.1, 0.15) is 20.7 Å². The normalized spacial score (nSPS) is 10.4. The molecule has 0 aliphatic rings. The summed E-state index contributed by atoms with van der Waals surface area (Å²) in [5.74, 6) is -0.411. The maximum Gasteiger partial charge on any atom is 0.270 e. The molecule has 2 heterocycles. The summed E-state index contributed by atoms with van der Waals surface area (Å²) in [6.45, 7) is 0. The van der Waals surface area contributed by atoms with Crippen LogP contribution in [-0.4, -0.2) is 31.8 Å². The van der Waals surface area contributed by atoms with Crippen LogP contribution in [0.15, 0.2) is 43.1 Å². The van der Waals surface area contributed by atoms with Crippen LogP contribution >= 0.6 is 0 Å². The van der Waals surface area contributed by atoms with Crippen molar-refractivity contribution in [2.75, 3.05) is 5.43 Å². The van der Waals surface area contributed by atoms with E-state index in [1.807, 2.05) is 0 Å². The van der Waals surface area contributed by atoms with Crippen molar-refractivity contribution in [1.29, 1.82) is 0 Å². The topological polar surface area (TPSA) is 89.8 Å². The van der Waals surface area contributed by atoms with Gasteiger partial charge in [0.05, 0.1) is 11.8 Å². The SMILES string of the molecule is O=Cc1ccccc1C(=O)Nn1cnc2cncnc21. The van der Waals surface area contributed by atoms with Gasteiger partial charge in [-0.05, 0) is 6.07 Å². The Morgan fingerprint density at radius 2 is 2.10 bits per heavy atom. The smallest absolute Gasteiger partial charge is 0.270 e. The van der Waals surface area contributed by atoms with E-state index in [-0.39, 0.29) is 0 Å². The molecule has 0 spiro atoms. The first-order valence-electron chi connectivity index (χ1n) is 5.78. The number of nitrogens with one attached hydrogen (secondary N) is 1. The molecule has 2 aromatic heterocycles. The van der Waals surface area contributed by atoms with E-state index in [9.17, 15) is 9.59 Å². The van der Waals surface area contributed by atoms with E-state index in [4.69, 9.17) is 0 Å². The van der Waals surface area contributed by atoms with Crippen molar-refractivity contribution in [3.8, 4) is 0 Å². The molecule has 98 valence electrons. The lowest BCUT2D eigenvalue weighted by Crippen LogP contribution is -2.23. The lowest BCUT2D eigenvalue weighted by Gasteiger charge is -2.07. The number of hydrogen-bond acceptors (Lipinski definition) is 5. The number of hydrogen-bond donors (Lipinski definition) is 1. The molecule has 7 heteroatoms. The van der Waals surface area contributed by atoms with Gasteiger partial charge >= 0.3 is 0 Å². The monoisotopic (exact) mass is 267 g/mol. The molecule has 0 atom stereocenters. The Labute approximate surface area is 113 Å². The molecular formula is C13H9N5O2. The Balaban J connectivity index is 1.95. The van der Waals surface area contributed by atoms with Crippen LogP contribution in [0.2, 0.25) is 0 Å². The third kappa shape index (κ3) is 2.01. The van der Waals surface area contributed by atoms with Crippen molar-refractivity contribution in [1.82, 2.24) is 19.6 Å². The van der Waals surface area contributed by atoms with E-state index >= 15 is 0 Å². The Kier molecular flexibility index (Phi) is 2.92. The molecule has 0 bridgehead atoms. The first-order chi connectivity index (χ1) is 9.79. The van der Waals surface area contributed by atoms with E-state index in [0.29, 0.717) is 28.6 Å². The average molecular weight is 267 g/mol. The lowest BCUT2D eigenvalue weighted by atomic mass is 10.1. The van der Waals surface area contributed by atoms with Crippen LogP contribution in [0.4, 0.5) is 0 Å². The van der Waals surface area contributed by atoms with Gasteiger partial charge in [0.25, 0.3) is 5.91 Å². The summed E-state index contributed by atoms with van der Waals surface area (Å²) >= 11 is 0. The Morgan fingerprint density at radius 1 is 1.25 bits per heavy atom. The maximum atomic E-state index is 12.2. The number of fused-ring (bicyclic) bond motifs is 1. The molecule has 0 aliphatic carbocycles. The summed E-state index contributed by atoms with van der Waals surface area (Å²) in [6.07, 6.45) is 4.99. The summed E-state index contributed by atoms with van der Waals surface area (Å²) < 4.78 is 1.39. The second-order valence-corrected chi connectivity index (χ2v) is 3.99. The van der Waals surface area contributed by atoms with Crippen LogP contribution in [0.5, 0.6) is 0 Å². The zero-order chi connectivity index (χ0) is 13.9. The molecule has 0 aliphatic heterocycles. The van der Waals surface area contributed by atoms with Crippen LogP contribution in [0.25, 0.3) is 11.2 Å². The fraction of sp³-hybridized carbons (Fsp3) is 0. The first-order valence-corrected chi connectivity index (χ1v) is 5.78. The first kappa shape index (κ1) is 12.0. The number of nitrogens with zero attached hydrogens (tertiary/aromatic N) is 4. The van der Waals surface area contributed by atoms with Gasteiger partial charge in [-0.3, -0.25) is 15.0 Å². The molecule has 0 saturated heterocycles. The summed E-state index contributed by atoms with van der Waals surface area (Å²) in [5.41, 5.74) is 4.28. The minimum Gasteiger partial charge on any atom is -0.298 e. The Hall–Kier alpha value is -3.09. The second kappa shape index (κ2) is 4.88. The molecule has 0 fully saturated rings. The molecule has 1 aromatic carbocycles. The predicted molar refractivity (Wildman–Crippen MR) is 70.8 cm³/mol. The van der Waals surface area contributed by atoms with Crippen LogP contribution < -0.4 is 5.43 Å². The summed E-state index contributed by atoms with van der Waals surface area (Å²) in [6, 6.07) is 6.54. The number of rotatable bonds is 3. The minimum absolute atomic E-state index is 0.290. The largest absolute Gasteiger partial charge is 0.298 e. The molecule has 1 amide bonds. The fourth-order valence-corrected chi connectivity index (χ4v) is 1.83. The molecule has 0 radical (unpaired) electrons. The minimum atomic E-state index is -0.411. The van der Waals surface area contributed by atoms with Crippen molar-refractivity contribution in [2.24, 2.45) is 0 Å². The lowest BCUT2D eigenvalue weighted by molar-refractivity contribution is 0.100. The van der Waals surface area contributed by atoms with Crippen LogP contribution in [0.3, 0.4) is 0 Å². The zero-order valence-electron chi connectivity index (χ0n) is 10.2. The van der Waals surface area contributed by atoms with Gasteiger partial charge in [0, 0.05) is 5.56 Å². The van der Waals surface area contributed by atoms with Gasteiger partial charge in [-0.1, -0.05) is 18.2 Å². The van der Waals surface area contributed by atoms with E-state index in [0.717, 1.165) is 0 Å². The third-order valence-corrected chi connectivity index (χ3v) is 2.77. The van der Waals surface area contributed by atoms with Crippen molar-refractivity contribution in [3.63, 3.8) is 0 Å². The molecule has 3 aromatic rings. The van der Waals surface area contributed by atoms with E-state index < -0.39 is 5.91 Å². The van der Waals surface area contributed by atoms with Gasteiger partial charge in [-0.15, -0.1) is 0 Å². The highest BCUT2D eigenvalue weighted by molar-refractivity contribution is 6.05. The fourth-order valence-electron chi connectivity index (χ4n) is 1.83. The Morgan fingerprint density at radius 3 is 2.95 bits per heavy atom. The molecule has 3 rings (SSSR count). The number of imidazole rings is 1. The Bertz CT molecular complexity index is 796. The van der Waals surface area contributed by atoms with Crippen molar-refractivity contribution in [2.45, 2.75) is 0 Å². The van der Waals surface area contributed by atoms with Gasteiger partial charge in [0.2, 0.25) is 0 Å². The van der Waals surface area contributed by atoms with Crippen molar-refractivity contribution >= 4 is 23.4 Å². The summed E-state index contributed by atoms with van der Waals surface area (Å²) in [7, 11) is 0. The van der Waals surface area contributed by atoms with Gasteiger partial charge in [-0.25, -0.2) is 19.6 Å². The number of carbonyl (C=O) groups is 2. The molecule has 20 heavy (non-hydrogen) atoms. The number of aldehydes is 1. The quantitative estimate of drug-likeness (QED) is 0.715. The van der Waals surface area contributed by atoms with E-state index in [1.54, 1.807) is 30.5 Å². The number of amides is 1. The summed E-state index contributed by atoms with van der Waals surface area (Å²) in [4.78, 5) is 35.0. The number of carbonyl (C=O) groups excluding carboxylic acids is 2. The standard InChI is InChI=1S/C13H9N5O2/c19-6-9-3-1-2-4-10(9)13(20)17-18-8-16-11-5-14-7-15-12(11)18/h1-8H,(H,17,20). The molecule has 1 N–H and O–H groups in total. The molecule has 7 nitrogen and oxygen atoms in total. The molecular weight excluding hydrogens is 258 g/mol. The van der Waals surface area contributed by atoms with Crippen molar-refractivity contribution in [3.05, 3.63) is 54.2 Å². The van der Waals surface area contributed by atoms with Crippen LogP contribution in [0, 0.1) is 0 Å². The molecule has 0 unspecified atom stereocenters. The van der Waals surface area contributed by atoms with Crippen LogP contribution in [-0.2, 0) is 0 Å². The van der Waals surface area contributed by atoms with Gasteiger partial charge in [0.15, 0.2) is 11.9 Å². The predicted octanol–water partition coefficient (Wildman–Crippen LogP) is 1.02.